The van der Waals surface area contributed by atoms with Crippen molar-refractivity contribution >= 4 is 69.8 Å². The molecule has 0 aliphatic carbocycles. The Morgan fingerprint density at radius 3 is 1.97 bits per heavy atom. The van der Waals surface area contributed by atoms with Crippen LogP contribution < -0.4 is 9.80 Å². The van der Waals surface area contributed by atoms with Gasteiger partial charge in [-0.1, -0.05) is 64.8 Å². The van der Waals surface area contributed by atoms with Gasteiger partial charge in [0.1, 0.15) is 10.6 Å². The minimum absolute atomic E-state index is 0.241. The highest BCUT2D eigenvalue weighted by Gasteiger charge is 2.43. The second kappa shape index (κ2) is 10.2. The number of piperazine rings is 1. The van der Waals surface area contributed by atoms with Crippen molar-refractivity contribution < 1.29 is 9.59 Å². The van der Waals surface area contributed by atoms with Crippen molar-refractivity contribution in [2.75, 3.05) is 36.0 Å². The molecule has 0 spiro atoms. The van der Waals surface area contributed by atoms with Gasteiger partial charge in [0.05, 0.1) is 10.7 Å². The van der Waals surface area contributed by atoms with Crippen molar-refractivity contribution in [3.05, 3.63) is 98.5 Å². The van der Waals surface area contributed by atoms with E-state index in [4.69, 9.17) is 34.8 Å². The first-order valence-corrected chi connectivity index (χ1v) is 12.9. The summed E-state index contributed by atoms with van der Waals surface area (Å²) in [5, 5.41) is 1.27. The van der Waals surface area contributed by atoms with Crippen molar-refractivity contribution in [2.24, 2.45) is 0 Å². The van der Waals surface area contributed by atoms with Gasteiger partial charge in [-0.05, 0) is 54.6 Å². The largest absolute Gasteiger partial charge is 0.368 e. The molecule has 0 aromatic heterocycles. The first kappa shape index (κ1) is 24.1. The van der Waals surface area contributed by atoms with Gasteiger partial charge < -0.3 is 9.80 Å². The van der Waals surface area contributed by atoms with Crippen molar-refractivity contribution in [1.29, 1.82) is 0 Å². The summed E-state index contributed by atoms with van der Waals surface area (Å²) in [6.07, 6.45) is 0. The number of imide groups is 1. The van der Waals surface area contributed by atoms with Crippen LogP contribution in [0.4, 0.5) is 11.4 Å². The fourth-order valence-electron chi connectivity index (χ4n) is 4.20. The third-order valence-corrected chi connectivity index (χ3v) is 7.79. The van der Waals surface area contributed by atoms with Crippen LogP contribution in [0.3, 0.4) is 0 Å². The van der Waals surface area contributed by atoms with E-state index in [-0.39, 0.29) is 10.9 Å². The Bertz CT molecular complexity index is 1310. The van der Waals surface area contributed by atoms with Gasteiger partial charge in [-0.25, -0.2) is 4.90 Å². The number of carbonyl (C=O) groups is 2. The normalized spacial score (nSPS) is 16.5. The molecular formula is C26H20Cl3N3O2S. The summed E-state index contributed by atoms with van der Waals surface area (Å²) in [6, 6.07) is 22.1. The lowest BCUT2D eigenvalue weighted by atomic mass is 10.2. The quantitative estimate of drug-likeness (QED) is 0.350. The summed E-state index contributed by atoms with van der Waals surface area (Å²) in [5.41, 5.74) is 1.85. The number of carbonyl (C=O) groups excluding carboxylic acids is 2. The Kier molecular flexibility index (Phi) is 6.98. The van der Waals surface area contributed by atoms with E-state index in [1.807, 2.05) is 35.2 Å². The predicted molar refractivity (Wildman–Crippen MR) is 144 cm³/mol. The first-order chi connectivity index (χ1) is 16.9. The minimum Gasteiger partial charge on any atom is -0.368 e. The number of thioether (sulfide) groups is 1. The van der Waals surface area contributed by atoms with Gasteiger partial charge in [0.25, 0.3) is 11.8 Å². The summed E-state index contributed by atoms with van der Waals surface area (Å²) in [5.74, 6) is -0.788. The third-order valence-electron chi connectivity index (χ3n) is 5.92. The zero-order valence-corrected chi connectivity index (χ0v) is 21.5. The second-order valence-corrected chi connectivity index (χ2v) is 10.4. The average molecular weight is 545 g/mol. The molecule has 3 aromatic rings. The number of halogens is 3. The van der Waals surface area contributed by atoms with Gasteiger partial charge in [0.2, 0.25) is 0 Å². The summed E-state index contributed by atoms with van der Waals surface area (Å²) in [4.78, 5) is 34.0. The number of hydrogen-bond donors (Lipinski definition) is 0. The molecule has 2 amide bonds. The van der Waals surface area contributed by atoms with E-state index >= 15 is 0 Å². The van der Waals surface area contributed by atoms with E-state index in [1.165, 1.54) is 17.8 Å². The number of benzene rings is 3. The molecule has 1 saturated heterocycles. The molecular weight excluding hydrogens is 525 g/mol. The molecule has 3 aromatic carbocycles. The number of hydrogen-bond acceptors (Lipinski definition) is 5. The fourth-order valence-corrected chi connectivity index (χ4v) is 5.82. The lowest BCUT2D eigenvalue weighted by molar-refractivity contribution is -0.121. The van der Waals surface area contributed by atoms with E-state index in [0.29, 0.717) is 39.4 Å². The summed E-state index contributed by atoms with van der Waals surface area (Å²) < 4.78 is 0. The number of anilines is 2. The van der Waals surface area contributed by atoms with Gasteiger partial charge in [0.15, 0.2) is 0 Å². The number of nitrogens with zero attached hydrogens (tertiary/aromatic N) is 3. The molecule has 9 heteroatoms. The molecule has 1 fully saturated rings. The van der Waals surface area contributed by atoms with E-state index < -0.39 is 5.91 Å². The lowest BCUT2D eigenvalue weighted by Gasteiger charge is -2.37. The number of amides is 2. The molecule has 0 atom stereocenters. The van der Waals surface area contributed by atoms with E-state index in [2.05, 4.69) is 17.0 Å². The number of rotatable bonds is 5. The average Bonchev–Trinajstić information content (AvgIpc) is 3.10. The minimum atomic E-state index is -0.403. The van der Waals surface area contributed by atoms with Crippen molar-refractivity contribution in [2.45, 2.75) is 4.90 Å². The maximum absolute atomic E-state index is 13.7. The van der Waals surface area contributed by atoms with Crippen LogP contribution in [0.1, 0.15) is 0 Å². The first-order valence-electron chi connectivity index (χ1n) is 11.0. The second-order valence-electron chi connectivity index (χ2n) is 8.08. The Morgan fingerprint density at radius 1 is 0.686 bits per heavy atom. The molecule has 178 valence electrons. The molecule has 2 heterocycles. The van der Waals surface area contributed by atoms with Crippen LogP contribution in [0.2, 0.25) is 15.1 Å². The van der Waals surface area contributed by atoms with Crippen LogP contribution in [0.25, 0.3) is 0 Å². The highest BCUT2D eigenvalue weighted by molar-refractivity contribution is 8.04. The molecule has 0 unspecified atom stereocenters. The molecule has 2 aliphatic rings. The van der Waals surface area contributed by atoms with Crippen LogP contribution in [0.15, 0.2) is 88.3 Å². The molecule has 0 saturated carbocycles. The molecule has 0 N–H and O–H groups in total. The van der Waals surface area contributed by atoms with E-state index in [9.17, 15) is 9.59 Å². The van der Waals surface area contributed by atoms with Crippen molar-refractivity contribution in [3.63, 3.8) is 0 Å². The third kappa shape index (κ3) is 4.89. The molecule has 0 bridgehead atoms. The SMILES string of the molecule is O=C1C(Sc2ccc(Cl)cc2)=C(N2CCN(c3ccccc3)CC2)C(=O)N1c1ccc(Cl)cc1Cl. The van der Waals surface area contributed by atoms with E-state index in [0.717, 1.165) is 28.6 Å². The molecule has 5 rings (SSSR count). The topological polar surface area (TPSA) is 43.9 Å². The maximum Gasteiger partial charge on any atom is 0.283 e. The van der Waals surface area contributed by atoms with Gasteiger partial charge in [0, 0.05) is 46.8 Å². The van der Waals surface area contributed by atoms with Crippen LogP contribution in [0.5, 0.6) is 0 Å². The Labute approximate surface area is 222 Å². The fraction of sp³-hybridized carbons (Fsp3) is 0.154. The Morgan fingerprint density at radius 2 is 1.31 bits per heavy atom. The standard InChI is InChI=1S/C26H20Cl3N3O2S/c27-17-6-9-20(10-7-17)35-24-23(31-14-12-30(13-15-31)19-4-2-1-3-5-19)25(33)32(26(24)34)22-11-8-18(28)16-21(22)29/h1-11,16H,12-15H2. The highest BCUT2D eigenvalue weighted by atomic mass is 35.5. The van der Waals surface area contributed by atoms with Gasteiger partial charge in [-0.15, -0.1) is 0 Å². The van der Waals surface area contributed by atoms with Crippen LogP contribution in [0, 0.1) is 0 Å². The highest BCUT2D eigenvalue weighted by Crippen LogP contribution is 2.41. The molecule has 0 radical (unpaired) electrons. The zero-order valence-electron chi connectivity index (χ0n) is 18.5. The van der Waals surface area contributed by atoms with Gasteiger partial charge in [-0.2, -0.15) is 0 Å². The summed E-state index contributed by atoms with van der Waals surface area (Å²) in [6.45, 7) is 2.68. The summed E-state index contributed by atoms with van der Waals surface area (Å²) in [7, 11) is 0. The predicted octanol–water partition coefficient (Wildman–Crippen LogP) is 6.35. The van der Waals surface area contributed by atoms with Crippen LogP contribution in [-0.2, 0) is 9.59 Å². The Balaban J connectivity index is 1.47. The molecule has 5 nitrogen and oxygen atoms in total. The smallest absolute Gasteiger partial charge is 0.283 e. The monoisotopic (exact) mass is 543 g/mol. The Hall–Kier alpha value is -2.64. The lowest BCUT2D eigenvalue weighted by Crippen LogP contribution is -2.47. The summed E-state index contributed by atoms with van der Waals surface area (Å²) >= 11 is 19.7. The van der Waals surface area contributed by atoms with Crippen LogP contribution in [-0.4, -0.2) is 42.9 Å². The van der Waals surface area contributed by atoms with Crippen molar-refractivity contribution in [3.8, 4) is 0 Å². The maximum atomic E-state index is 13.7. The van der Waals surface area contributed by atoms with Crippen LogP contribution >= 0.6 is 46.6 Å². The van der Waals surface area contributed by atoms with Gasteiger partial charge >= 0.3 is 0 Å². The zero-order chi connectivity index (χ0) is 24.5. The molecule has 2 aliphatic heterocycles. The van der Waals surface area contributed by atoms with Crippen molar-refractivity contribution in [1.82, 2.24) is 4.90 Å². The number of para-hydroxylation sites is 1. The molecule has 35 heavy (non-hydrogen) atoms. The van der Waals surface area contributed by atoms with E-state index in [1.54, 1.807) is 24.3 Å². The van der Waals surface area contributed by atoms with Gasteiger partial charge in [-0.3, -0.25) is 9.59 Å².